The summed E-state index contributed by atoms with van der Waals surface area (Å²) in [5, 5.41) is 7.56. The first-order valence-corrected chi connectivity index (χ1v) is 7.92. The Morgan fingerprint density at radius 3 is 3.08 bits per heavy atom. The van der Waals surface area contributed by atoms with Crippen LogP contribution < -0.4 is 5.32 Å². The molecule has 0 spiro atoms. The van der Waals surface area contributed by atoms with Crippen molar-refractivity contribution in [1.82, 2.24) is 24.7 Å². The largest absolute Gasteiger partial charge is 0.376 e. The highest BCUT2D eigenvalue weighted by Crippen LogP contribution is 2.14. The Morgan fingerprint density at radius 1 is 1.25 bits per heavy atom. The summed E-state index contributed by atoms with van der Waals surface area (Å²) in [5.74, 6) is 2.31. The first-order chi connectivity index (χ1) is 11.8. The summed E-state index contributed by atoms with van der Waals surface area (Å²) in [7, 11) is 0. The van der Waals surface area contributed by atoms with Crippen molar-refractivity contribution in [3.63, 3.8) is 0 Å². The molecule has 1 aliphatic heterocycles. The molecule has 0 unspecified atom stereocenters. The fourth-order valence-electron chi connectivity index (χ4n) is 2.61. The van der Waals surface area contributed by atoms with Crippen LogP contribution in [-0.2, 0) is 24.3 Å². The van der Waals surface area contributed by atoms with Gasteiger partial charge in [0.1, 0.15) is 11.6 Å². The van der Waals surface area contributed by atoms with Gasteiger partial charge in [0.05, 0.1) is 31.6 Å². The van der Waals surface area contributed by atoms with Gasteiger partial charge in [-0.3, -0.25) is 0 Å². The normalized spacial score (nSPS) is 13.5. The van der Waals surface area contributed by atoms with Crippen LogP contribution in [0.2, 0.25) is 0 Å². The predicted octanol–water partition coefficient (Wildman–Crippen LogP) is 2.05. The molecule has 4 heterocycles. The molecular weight excluding hydrogens is 304 g/mol. The van der Waals surface area contributed by atoms with Crippen LogP contribution in [0.5, 0.6) is 0 Å². The van der Waals surface area contributed by atoms with E-state index in [9.17, 15) is 0 Å². The second-order valence-electron chi connectivity index (χ2n) is 5.76. The maximum atomic E-state index is 5.41. The Kier molecular flexibility index (Phi) is 3.92. The van der Waals surface area contributed by atoms with Gasteiger partial charge >= 0.3 is 0 Å². The molecule has 3 aromatic rings. The zero-order valence-corrected chi connectivity index (χ0v) is 13.4. The minimum Gasteiger partial charge on any atom is -0.376 e. The summed E-state index contributed by atoms with van der Waals surface area (Å²) in [6, 6.07) is 5.80. The molecule has 24 heavy (non-hydrogen) atoms. The molecular formula is C17H18N6O. The van der Waals surface area contributed by atoms with E-state index in [1.807, 2.05) is 43.7 Å². The van der Waals surface area contributed by atoms with Crippen molar-refractivity contribution >= 4 is 5.82 Å². The lowest BCUT2D eigenvalue weighted by molar-refractivity contribution is 0.108. The number of anilines is 1. The number of aryl methyl sites for hydroxylation is 1. The fraction of sp³-hybridized carbons (Fsp3) is 0.294. The van der Waals surface area contributed by atoms with Crippen molar-refractivity contribution in [3.8, 4) is 5.82 Å². The lowest BCUT2D eigenvalue weighted by atomic mass is 10.1. The summed E-state index contributed by atoms with van der Waals surface area (Å²) >= 11 is 0. The summed E-state index contributed by atoms with van der Waals surface area (Å²) in [6.45, 7) is 3.87. The summed E-state index contributed by atoms with van der Waals surface area (Å²) in [4.78, 5) is 13.6. The van der Waals surface area contributed by atoms with E-state index in [0.29, 0.717) is 13.2 Å². The first-order valence-electron chi connectivity index (χ1n) is 7.92. The number of rotatable bonds is 4. The van der Waals surface area contributed by atoms with Gasteiger partial charge in [-0.25, -0.2) is 19.6 Å². The molecule has 7 heteroatoms. The van der Waals surface area contributed by atoms with Crippen LogP contribution >= 0.6 is 0 Å². The summed E-state index contributed by atoms with van der Waals surface area (Å²) < 4.78 is 7.17. The first kappa shape index (κ1) is 14.8. The second-order valence-corrected chi connectivity index (χ2v) is 5.76. The molecule has 0 saturated heterocycles. The summed E-state index contributed by atoms with van der Waals surface area (Å²) in [6.07, 6.45) is 6.46. The van der Waals surface area contributed by atoms with E-state index in [4.69, 9.17) is 4.74 Å². The van der Waals surface area contributed by atoms with Gasteiger partial charge in [0, 0.05) is 24.4 Å². The maximum Gasteiger partial charge on any atom is 0.155 e. The number of nitrogens with zero attached hydrogens (tertiary/aromatic N) is 5. The number of nitrogens with one attached hydrogen (secondary N) is 1. The number of hydrogen-bond donors (Lipinski definition) is 1. The van der Waals surface area contributed by atoms with Crippen molar-refractivity contribution in [2.45, 2.75) is 26.5 Å². The predicted molar refractivity (Wildman–Crippen MR) is 88.8 cm³/mol. The van der Waals surface area contributed by atoms with Crippen LogP contribution in [0.15, 0.2) is 36.8 Å². The number of aromatic nitrogens is 5. The number of pyridine rings is 1. The molecule has 0 radical (unpaired) electrons. The molecule has 3 aromatic heterocycles. The molecule has 0 saturated carbocycles. The monoisotopic (exact) mass is 322 g/mol. The van der Waals surface area contributed by atoms with E-state index in [1.54, 1.807) is 4.68 Å². The maximum absolute atomic E-state index is 5.41. The van der Waals surface area contributed by atoms with E-state index < -0.39 is 0 Å². The molecule has 1 N–H and O–H groups in total. The van der Waals surface area contributed by atoms with Gasteiger partial charge in [-0.05, 0) is 24.6 Å². The Balaban J connectivity index is 1.48. The van der Waals surface area contributed by atoms with Crippen molar-refractivity contribution in [3.05, 3.63) is 59.4 Å². The molecule has 0 fully saturated rings. The third-order valence-electron chi connectivity index (χ3n) is 3.85. The van der Waals surface area contributed by atoms with Crippen LogP contribution in [0.3, 0.4) is 0 Å². The van der Waals surface area contributed by atoms with E-state index >= 15 is 0 Å². The van der Waals surface area contributed by atoms with Crippen LogP contribution in [0.1, 0.15) is 22.6 Å². The van der Waals surface area contributed by atoms with Gasteiger partial charge in [-0.15, -0.1) is 0 Å². The van der Waals surface area contributed by atoms with Crippen LogP contribution in [0.25, 0.3) is 5.82 Å². The number of ether oxygens (including phenoxy) is 1. The SMILES string of the molecule is Cc1cnn(-c2cccc(NCc3ncc4c(n3)CCOC4)n2)c1. The lowest BCUT2D eigenvalue weighted by Gasteiger charge is -2.15. The molecule has 122 valence electrons. The van der Waals surface area contributed by atoms with Gasteiger partial charge in [0.15, 0.2) is 5.82 Å². The molecule has 7 nitrogen and oxygen atoms in total. The quantitative estimate of drug-likeness (QED) is 0.792. The molecule has 4 rings (SSSR count). The van der Waals surface area contributed by atoms with Crippen LogP contribution in [0.4, 0.5) is 5.82 Å². The fourth-order valence-corrected chi connectivity index (χ4v) is 2.61. The average molecular weight is 322 g/mol. The van der Waals surface area contributed by atoms with Crippen LogP contribution in [0, 0.1) is 6.92 Å². The zero-order valence-electron chi connectivity index (χ0n) is 13.4. The minimum absolute atomic E-state index is 0.530. The van der Waals surface area contributed by atoms with Gasteiger partial charge in [-0.1, -0.05) is 6.07 Å². The van der Waals surface area contributed by atoms with Crippen molar-refractivity contribution < 1.29 is 4.74 Å². The molecule has 0 atom stereocenters. The van der Waals surface area contributed by atoms with Gasteiger partial charge in [-0.2, -0.15) is 5.10 Å². The van der Waals surface area contributed by atoms with Gasteiger partial charge in [0.2, 0.25) is 0 Å². The van der Waals surface area contributed by atoms with E-state index in [1.165, 1.54) is 0 Å². The topological polar surface area (TPSA) is 77.8 Å². The lowest BCUT2D eigenvalue weighted by Crippen LogP contribution is -2.15. The highest BCUT2D eigenvalue weighted by Gasteiger charge is 2.12. The third-order valence-corrected chi connectivity index (χ3v) is 3.85. The minimum atomic E-state index is 0.530. The van der Waals surface area contributed by atoms with E-state index in [0.717, 1.165) is 47.3 Å². The van der Waals surface area contributed by atoms with Crippen molar-refractivity contribution in [1.29, 1.82) is 0 Å². The molecule has 0 bridgehead atoms. The van der Waals surface area contributed by atoms with Gasteiger partial charge < -0.3 is 10.1 Å². The van der Waals surface area contributed by atoms with Crippen LogP contribution in [-0.4, -0.2) is 31.3 Å². The van der Waals surface area contributed by atoms with Gasteiger partial charge in [0.25, 0.3) is 0 Å². The second kappa shape index (κ2) is 6.37. The van der Waals surface area contributed by atoms with Crippen molar-refractivity contribution in [2.24, 2.45) is 0 Å². The van der Waals surface area contributed by atoms with Crippen molar-refractivity contribution in [2.75, 3.05) is 11.9 Å². The molecule has 0 amide bonds. The number of hydrogen-bond acceptors (Lipinski definition) is 6. The highest BCUT2D eigenvalue weighted by molar-refractivity contribution is 5.39. The Morgan fingerprint density at radius 2 is 2.21 bits per heavy atom. The Hall–Kier alpha value is -2.80. The third kappa shape index (κ3) is 3.11. The van der Waals surface area contributed by atoms with E-state index in [-0.39, 0.29) is 0 Å². The smallest absolute Gasteiger partial charge is 0.155 e. The highest BCUT2D eigenvalue weighted by atomic mass is 16.5. The molecule has 0 aromatic carbocycles. The Labute approximate surface area is 139 Å². The standard InChI is InChI=1S/C17H18N6O/c1-12-7-20-23(10-12)17-4-2-3-15(22-17)19-9-16-18-8-13-11-24-6-5-14(13)21-16/h2-4,7-8,10H,5-6,9,11H2,1H3,(H,19,22). The number of fused-ring (bicyclic) bond motifs is 1. The molecule has 1 aliphatic rings. The Bertz CT molecular complexity index is 860. The summed E-state index contributed by atoms with van der Waals surface area (Å²) in [5.41, 5.74) is 3.27. The van der Waals surface area contributed by atoms with E-state index in [2.05, 4.69) is 25.4 Å². The average Bonchev–Trinajstić information content (AvgIpc) is 3.06. The zero-order chi connectivity index (χ0) is 16.4. The molecule has 0 aliphatic carbocycles.